The van der Waals surface area contributed by atoms with Gasteiger partial charge in [-0.3, -0.25) is 13.6 Å². The van der Waals surface area contributed by atoms with Gasteiger partial charge in [-0.25, -0.2) is 12.3 Å². The molecule has 0 aromatic heterocycles. The molecule has 0 radical (unpaired) electrons. The van der Waals surface area contributed by atoms with Crippen LogP contribution in [0, 0.1) is 0 Å². The van der Waals surface area contributed by atoms with Gasteiger partial charge in [0.25, 0.3) is 0 Å². The molecule has 0 saturated heterocycles. The van der Waals surface area contributed by atoms with Crippen molar-refractivity contribution < 1.29 is 29.1 Å². The number of hydrogen-bond acceptors (Lipinski definition) is 2. The van der Waals surface area contributed by atoms with Crippen molar-refractivity contribution in [2.24, 2.45) is 0 Å². The second-order valence-electron chi connectivity index (χ2n) is 11.0. The summed E-state index contributed by atoms with van der Waals surface area (Å²) in [6.07, 6.45) is 2.29. The van der Waals surface area contributed by atoms with Crippen molar-refractivity contribution in [2.75, 3.05) is 0 Å². The third kappa shape index (κ3) is 40.7. The topological polar surface area (TPSA) is 90.5 Å². The summed E-state index contributed by atoms with van der Waals surface area (Å²) < 4.78 is 0. The molecule has 0 heterocycles. The maximum Gasteiger partial charge on any atom is 6.00 e. The Bertz CT molecular complexity index is 324. The minimum Gasteiger partial charge on any atom is -0.673 e. The van der Waals surface area contributed by atoms with E-state index in [0.29, 0.717) is 0 Å². The molecule has 0 spiro atoms. The van der Waals surface area contributed by atoms with E-state index in [9.17, 15) is 0 Å². The van der Waals surface area contributed by atoms with Crippen LogP contribution in [0.2, 0.25) is 0 Å². The van der Waals surface area contributed by atoms with Crippen molar-refractivity contribution in [1.29, 1.82) is 0 Å². The van der Waals surface area contributed by atoms with E-state index in [4.69, 9.17) is 9.59 Å². The normalized spacial score (nSPS) is 11.9. The van der Waals surface area contributed by atoms with Crippen molar-refractivity contribution in [3.05, 3.63) is 21.3 Å². The van der Waals surface area contributed by atoms with Gasteiger partial charge in [-0.05, 0) is 0 Å². The molecule has 0 aliphatic heterocycles. The maximum atomic E-state index is 7.75. The van der Waals surface area contributed by atoms with Crippen LogP contribution in [0.15, 0.2) is 0 Å². The molecule has 6 nitrogen and oxygen atoms in total. The quantitative estimate of drug-likeness (QED) is 0.202. The Morgan fingerprint density at radius 1 is 0.484 bits per heavy atom. The summed E-state index contributed by atoms with van der Waals surface area (Å²) in [5.74, 6) is 0. The molecule has 0 unspecified atom stereocenters. The summed E-state index contributed by atoms with van der Waals surface area (Å²) >= 11 is 0. The molecule has 0 fully saturated rings. The van der Waals surface area contributed by atoms with E-state index in [1.54, 1.807) is 0 Å². The van der Waals surface area contributed by atoms with Gasteiger partial charge in [0.05, 0.1) is 0 Å². The fourth-order valence-electron chi connectivity index (χ4n) is 2.21. The first-order valence-corrected chi connectivity index (χ1v) is 10.6. The second kappa shape index (κ2) is 19.3. The van der Waals surface area contributed by atoms with Crippen molar-refractivity contribution in [3.63, 3.8) is 0 Å². The van der Waals surface area contributed by atoms with Crippen LogP contribution >= 0.6 is 0 Å². The van der Waals surface area contributed by atoms with Crippen molar-refractivity contribution in [2.45, 2.75) is 144 Å². The van der Waals surface area contributed by atoms with Crippen LogP contribution in [0.25, 0.3) is 21.3 Å². The number of hydrogen-bond donors (Lipinski definition) is 0. The van der Waals surface area contributed by atoms with Crippen LogP contribution < -0.4 is 0 Å². The third-order valence-electron chi connectivity index (χ3n) is 2.88. The maximum absolute atomic E-state index is 7.75. The minimum absolute atomic E-state index is 0. The van der Waals surface area contributed by atoms with Gasteiger partial charge in [-0.1, -0.05) is 110 Å². The van der Waals surface area contributed by atoms with Crippen LogP contribution in [0.4, 0.5) is 0 Å². The molecular formula is C24H50N4O2Ru. The summed E-state index contributed by atoms with van der Waals surface area (Å²) in [5, 5.41) is 18.6. The molecule has 0 N–H and O–H groups in total. The van der Waals surface area contributed by atoms with E-state index in [1.165, 1.54) is 0 Å². The predicted molar refractivity (Wildman–Crippen MR) is 134 cm³/mol. The first kappa shape index (κ1) is 41.1. The average Bonchev–Trinajstić information content (AvgIpc) is 2.52. The second-order valence-corrected chi connectivity index (χ2v) is 11.0. The summed E-state index contributed by atoms with van der Waals surface area (Å²) in [6.45, 7) is 36.2. The number of carbonyl (C=O) groups excluding carboxylic acids is 2. The minimum atomic E-state index is 0. The molecule has 0 bridgehead atoms. The Morgan fingerprint density at radius 3 is 0.677 bits per heavy atom. The summed E-state index contributed by atoms with van der Waals surface area (Å²) in [7, 11) is 0. The summed E-state index contributed by atoms with van der Waals surface area (Å²) in [4.78, 5) is 15.5. The summed E-state index contributed by atoms with van der Waals surface area (Å²) in [6, 6.07) is 0. The molecule has 0 aromatic rings. The predicted octanol–water partition coefficient (Wildman–Crippen LogP) is 7.58. The van der Waals surface area contributed by atoms with Crippen LogP contribution in [-0.2, 0) is 29.1 Å². The first-order chi connectivity index (χ1) is 13.3. The van der Waals surface area contributed by atoms with Gasteiger partial charge in [0.1, 0.15) is 0 Å². The Morgan fingerprint density at radius 2 is 0.613 bits per heavy atom. The fourth-order valence-corrected chi connectivity index (χ4v) is 2.21. The van der Waals surface area contributed by atoms with Gasteiger partial charge < -0.3 is 30.9 Å². The van der Waals surface area contributed by atoms with E-state index in [0.717, 1.165) is 12.8 Å². The third-order valence-corrected chi connectivity index (χ3v) is 2.88. The molecule has 0 aliphatic rings. The molecular weight excluding hydrogens is 477 g/mol. The van der Waals surface area contributed by atoms with Gasteiger partial charge in [-0.15, -0.1) is 22.2 Å². The van der Waals surface area contributed by atoms with Crippen molar-refractivity contribution in [1.82, 2.24) is 0 Å². The smallest absolute Gasteiger partial charge is 0.673 e. The van der Waals surface area contributed by atoms with E-state index in [2.05, 4.69) is 132 Å². The summed E-state index contributed by atoms with van der Waals surface area (Å²) in [5.41, 5.74) is 0.0930. The van der Waals surface area contributed by atoms with E-state index in [-0.39, 0.29) is 54.0 Å². The van der Waals surface area contributed by atoms with Gasteiger partial charge >= 0.3 is 19.5 Å². The monoisotopic (exact) mass is 528 g/mol. The number of nitrogens with zero attached hydrogens (tertiary/aromatic N) is 4. The standard InChI is InChI=1S/2C11H24N2.2CHO.Ru/c2*1-8-9(12-10(2,3)4)13-11(5,6)7;2*1-2;/h2*9H,8H2,1-7H3;2*1H;/q2*-2;2*-1;+6. The van der Waals surface area contributed by atoms with Crippen molar-refractivity contribution >= 4 is 13.6 Å². The molecule has 7 heteroatoms. The van der Waals surface area contributed by atoms with Gasteiger partial charge in [0.15, 0.2) is 0 Å². The molecule has 0 atom stereocenters. The van der Waals surface area contributed by atoms with Crippen LogP contribution in [-0.4, -0.2) is 48.1 Å². The molecule has 0 saturated carbocycles. The fraction of sp³-hybridized carbons (Fsp3) is 0.917. The van der Waals surface area contributed by atoms with E-state index >= 15 is 0 Å². The zero-order chi connectivity index (χ0) is 25.4. The molecule has 186 valence electrons. The molecule has 0 amide bonds. The molecule has 0 aromatic carbocycles. The van der Waals surface area contributed by atoms with Crippen molar-refractivity contribution in [3.8, 4) is 0 Å². The van der Waals surface area contributed by atoms with Gasteiger partial charge in [0.2, 0.25) is 0 Å². The molecule has 31 heavy (non-hydrogen) atoms. The van der Waals surface area contributed by atoms with Crippen LogP contribution in [0.3, 0.4) is 0 Å². The van der Waals surface area contributed by atoms with Gasteiger partial charge in [0, 0.05) is 0 Å². The van der Waals surface area contributed by atoms with Gasteiger partial charge in [-0.2, -0.15) is 0 Å². The van der Waals surface area contributed by atoms with E-state index in [1.807, 2.05) is 0 Å². The van der Waals surface area contributed by atoms with E-state index < -0.39 is 0 Å². The van der Waals surface area contributed by atoms with Crippen LogP contribution in [0.1, 0.15) is 110 Å². The molecule has 0 aliphatic carbocycles. The Balaban J connectivity index is -0.000000122. The largest absolute Gasteiger partial charge is 6.00 e. The number of rotatable bonds is 6. The zero-order valence-electron chi connectivity index (χ0n) is 22.7. The zero-order valence-corrected chi connectivity index (χ0v) is 24.4. The average molecular weight is 528 g/mol. The first-order valence-electron chi connectivity index (χ1n) is 10.6. The van der Waals surface area contributed by atoms with Crippen LogP contribution in [0.5, 0.6) is 0 Å². The Labute approximate surface area is 208 Å². The Kier molecular flexibility index (Phi) is 25.6. The molecule has 0 rings (SSSR count). The Hall–Kier alpha value is -0.197. The SMILES string of the molecule is CCC([N-]C(C)(C)C)[N-]C(C)(C)C.CCC([N-]C(C)(C)C)[N-]C(C)(C)C.[CH-]=O.[CH-]=O.[Ru+6].